The van der Waals surface area contributed by atoms with Crippen LogP contribution in [0, 0.1) is 0 Å². The summed E-state index contributed by atoms with van der Waals surface area (Å²) in [5, 5.41) is 3.12. The second-order valence-corrected chi connectivity index (χ2v) is 30.9. The number of rotatable bonds is 18. The zero-order valence-corrected chi connectivity index (χ0v) is 67.4. The molecule has 3 aliphatic heterocycles. The molecule has 0 bridgehead atoms. The normalized spacial score (nSPS) is 17.2. The van der Waals surface area contributed by atoms with Gasteiger partial charge in [-0.25, -0.2) is 24.9 Å². The van der Waals surface area contributed by atoms with Crippen LogP contribution in [0.25, 0.3) is 118 Å². The van der Waals surface area contributed by atoms with Gasteiger partial charge in [0.25, 0.3) is 16.7 Å². The standard InChI is InChI=1S/C32H32N4O3.2C31H31N5O3/c1-21-31(37)34(2)15-16-36(21)17-18-39-25-11-7-22(8-12-25)29-14-10-24-19-23(9-13-30(24)33-29)28-20-35(3)32(38)27-6-4-5-26(27)28;1-20-30(37)34(2)13-14-36(20)15-16-39-29-12-9-23(18-32-29)28-11-8-22-17-21(7-10-27(22)33-28)26-19-35(3)31(38)25-6-4-5-24(25)26;1-20-30(37)34(2)13-14-36(20)15-16-39-29-12-9-23(18-32-29)21-7-10-27-22(17-21)8-11-28(33-27)26-19-35(3)31(38)25-6-4-5-24(25)26/h4-5,7-14,19-21H,6,15-18H2,1-3H3;2*4-5,7-12,17-20H,6,13-16H2,1-3H3/t21-;2*20-/m011/s1. The number of aryl methyl sites for hydroxylation is 3. The van der Waals surface area contributed by atoms with Crippen LogP contribution in [0.15, 0.2) is 203 Å². The number of allylic oxidation sites excluding steroid dienone is 3. The molecule has 3 saturated heterocycles. The molecule has 0 N–H and O–H groups in total. The largest absolute Gasteiger partial charge is 0.492 e. The molecule has 594 valence electrons. The highest BCUT2D eigenvalue weighted by molar-refractivity contribution is 5.92. The fourth-order valence-corrected chi connectivity index (χ4v) is 16.4. The summed E-state index contributed by atoms with van der Waals surface area (Å²) in [7, 11) is 11.0. The number of likely N-dealkylation sites (N-methyl/N-ethyl adjacent to an activating group) is 3. The van der Waals surface area contributed by atoms with Gasteiger partial charge < -0.3 is 42.6 Å². The maximum atomic E-state index is 12.5. The summed E-state index contributed by atoms with van der Waals surface area (Å²) >= 11 is 0. The highest BCUT2D eigenvalue weighted by atomic mass is 16.5. The molecule has 0 saturated carbocycles. The molecule has 4 aromatic carbocycles. The number of hydrogen-bond donors (Lipinski definition) is 0. The fourth-order valence-electron chi connectivity index (χ4n) is 16.4. The number of ether oxygens (including phenoxy) is 3. The Kier molecular flexibility index (Phi) is 22.4. The van der Waals surface area contributed by atoms with E-state index in [0.717, 1.165) is 185 Å². The molecule has 117 heavy (non-hydrogen) atoms. The van der Waals surface area contributed by atoms with Crippen molar-refractivity contribution in [3.63, 3.8) is 0 Å². The SMILES string of the molecule is C[C@@H]1C(=O)N(C)CCN1CCOc1ccc(-c2ccc3cc(-c4cn(C)c(=O)c5c4C=CC5)ccc3n2)cn1.C[C@@H]1C(=O)N(C)CCN1CCOc1ccc(-c2ccc3nc(-c4cn(C)c(=O)c5c4C=CC5)ccc3c2)cn1.C[C@H]1C(=O)N(C)CCN1CCOc1ccc(-c2ccc3cc(-c4cn(C)c(=O)c5c4C=CC5)ccc3n2)cc1. The van der Waals surface area contributed by atoms with Gasteiger partial charge in [0.1, 0.15) is 25.6 Å². The lowest BCUT2D eigenvalue weighted by molar-refractivity contribution is -0.140. The number of fused-ring (bicyclic) bond motifs is 6. The number of nitrogens with zero attached hydrogens (tertiary/aromatic N) is 14. The third kappa shape index (κ3) is 16.3. The summed E-state index contributed by atoms with van der Waals surface area (Å²) < 4.78 is 22.7. The van der Waals surface area contributed by atoms with Crippen molar-refractivity contribution in [1.82, 2.24) is 68.0 Å². The van der Waals surface area contributed by atoms with Crippen molar-refractivity contribution in [2.24, 2.45) is 21.1 Å². The first-order valence-corrected chi connectivity index (χ1v) is 40.0. The minimum absolute atomic E-state index is 0.0512. The van der Waals surface area contributed by atoms with Crippen molar-refractivity contribution < 1.29 is 28.6 Å². The van der Waals surface area contributed by atoms with Crippen LogP contribution < -0.4 is 30.9 Å². The highest BCUT2D eigenvalue weighted by Crippen LogP contribution is 2.37. The zero-order valence-electron chi connectivity index (χ0n) is 67.4. The summed E-state index contributed by atoms with van der Waals surface area (Å²) in [6.45, 7) is 14.2. The van der Waals surface area contributed by atoms with Gasteiger partial charge in [-0.3, -0.25) is 43.5 Å². The van der Waals surface area contributed by atoms with Crippen LogP contribution in [-0.4, -0.2) is 204 Å². The lowest BCUT2D eigenvalue weighted by Gasteiger charge is -2.37. The molecular formula is C94H94N14O9. The Balaban J connectivity index is 0.000000131. The maximum absolute atomic E-state index is 12.5. The van der Waals surface area contributed by atoms with Crippen LogP contribution in [0.1, 0.15) is 54.2 Å². The van der Waals surface area contributed by atoms with Gasteiger partial charge in [0.2, 0.25) is 29.5 Å². The van der Waals surface area contributed by atoms with E-state index in [2.05, 4.69) is 85.4 Å². The molecule has 11 heterocycles. The molecule has 8 aromatic heterocycles. The van der Waals surface area contributed by atoms with Crippen LogP contribution in [0.2, 0.25) is 0 Å². The third-order valence-corrected chi connectivity index (χ3v) is 23.5. The smallest absolute Gasteiger partial charge is 0.254 e. The first-order chi connectivity index (χ1) is 56.7. The number of benzene rings is 4. The molecule has 3 aliphatic carbocycles. The first kappa shape index (κ1) is 78.1. The van der Waals surface area contributed by atoms with E-state index >= 15 is 0 Å². The van der Waals surface area contributed by atoms with Gasteiger partial charge in [-0.1, -0.05) is 72.9 Å². The average molecular weight is 1560 g/mol. The Labute approximate surface area is 678 Å². The van der Waals surface area contributed by atoms with Crippen molar-refractivity contribution in [1.29, 1.82) is 0 Å². The number of hydrogen-bond acceptors (Lipinski definition) is 17. The molecule has 0 spiro atoms. The summed E-state index contributed by atoms with van der Waals surface area (Å²) in [5.41, 5.74) is 20.3. The van der Waals surface area contributed by atoms with Crippen LogP contribution in [-0.2, 0) is 54.8 Å². The second-order valence-electron chi connectivity index (χ2n) is 30.9. The molecule has 0 unspecified atom stereocenters. The van der Waals surface area contributed by atoms with Gasteiger partial charge >= 0.3 is 0 Å². The fraction of sp³-hybridized carbons (Fsp3) is 0.287. The van der Waals surface area contributed by atoms with Crippen molar-refractivity contribution in [2.45, 2.75) is 58.2 Å². The zero-order chi connectivity index (χ0) is 81.3. The quantitative estimate of drug-likeness (QED) is 0.0777. The van der Waals surface area contributed by atoms with Crippen molar-refractivity contribution >= 4 is 68.7 Å². The monoisotopic (exact) mass is 1560 g/mol. The van der Waals surface area contributed by atoms with Gasteiger partial charge in [0.15, 0.2) is 0 Å². The minimum Gasteiger partial charge on any atom is -0.492 e. The summed E-state index contributed by atoms with van der Waals surface area (Å²) in [4.78, 5) is 109. The van der Waals surface area contributed by atoms with Gasteiger partial charge in [0, 0.05) is 211 Å². The van der Waals surface area contributed by atoms with E-state index in [1.807, 2.05) is 189 Å². The van der Waals surface area contributed by atoms with Gasteiger partial charge in [-0.2, -0.15) is 0 Å². The molecule has 23 heteroatoms. The van der Waals surface area contributed by atoms with E-state index in [9.17, 15) is 28.8 Å². The number of carbonyl (C=O) groups is 3. The lowest BCUT2D eigenvalue weighted by atomic mass is 9.98. The van der Waals surface area contributed by atoms with Crippen molar-refractivity contribution in [3.05, 3.63) is 253 Å². The topological polar surface area (TPSA) is 229 Å². The van der Waals surface area contributed by atoms with E-state index in [1.165, 1.54) is 0 Å². The molecule has 23 nitrogen and oxygen atoms in total. The molecule has 12 aromatic rings. The summed E-state index contributed by atoms with van der Waals surface area (Å²) in [6, 6.07) is 46.3. The van der Waals surface area contributed by atoms with E-state index < -0.39 is 0 Å². The third-order valence-electron chi connectivity index (χ3n) is 23.5. The van der Waals surface area contributed by atoms with E-state index in [-0.39, 0.29) is 52.5 Å². The Morgan fingerprint density at radius 2 is 0.701 bits per heavy atom. The minimum atomic E-state index is -0.128. The van der Waals surface area contributed by atoms with Crippen LogP contribution in [0.5, 0.6) is 17.5 Å². The van der Waals surface area contributed by atoms with Crippen LogP contribution >= 0.6 is 0 Å². The van der Waals surface area contributed by atoms with Gasteiger partial charge in [-0.15, -0.1) is 0 Å². The molecule has 3 amide bonds. The number of amides is 3. The molecule has 0 radical (unpaired) electrons. The lowest BCUT2D eigenvalue weighted by Crippen LogP contribution is -2.55. The Morgan fingerprint density at radius 3 is 1.13 bits per heavy atom. The van der Waals surface area contributed by atoms with Crippen LogP contribution in [0.3, 0.4) is 0 Å². The Morgan fingerprint density at radius 1 is 0.350 bits per heavy atom. The Bertz CT molecular complexity index is 5560. The van der Waals surface area contributed by atoms with Gasteiger partial charge in [-0.05, 0) is 164 Å². The molecule has 3 fully saturated rings. The van der Waals surface area contributed by atoms with Crippen molar-refractivity contribution in [2.75, 3.05) is 99.9 Å². The number of pyridine rings is 8. The summed E-state index contributed by atoms with van der Waals surface area (Å²) in [6.07, 6.45) is 23.6. The average Bonchev–Trinajstić information content (AvgIpc) is 1.76. The Hall–Kier alpha value is -12.8. The molecule has 3 atom stereocenters. The highest BCUT2D eigenvalue weighted by Gasteiger charge is 2.32. The number of piperazine rings is 3. The van der Waals surface area contributed by atoms with E-state index in [0.29, 0.717) is 63.9 Å². The number of aromatic nitrogens is 8. The predicted molar refractivity (Wildman–Crippen MR) is 460 cm³/mol. The van der Waals surface area contributed by atoms with E-state index in [4.69, 9.17) is 29.2 Å². The predicted octanol–water partition coefficient (Wildman–Crippen LogP) is 11.9. The summed E-state index contributed by atoms with van der Waals surface area (Å²) in [5.74, 6) is 2.39. The second kappa shape index (κ2) is 33.5. The maximum Gasteiger partial charge on any atom is 0.254 e. The molecular weight excluding hydrogens is 1470 g/mol. The van der Waals surface area contributed by atoms with Crippen LogP contribution in [0.4, 0.5) is 0 Å². The molecule has 18 rings (SSSR count). The van der Waals surface area contributed by atoms with E-state index in [1.54, 1.807) is 48.7 Å². The van der Waals surface area contributed by atoms with Gasteiger partial charge in [0.05, 0.1) is 51.8 Å². The first-order valence-electron chi connectivity index (χ1n) is 40.0. The molecule has 6 aliphatic rings. The number of carbonyl (C=O) groups excluding carboxylic acids is 3. The van der Waals surface area contributed by atoms with Crippen molar-refractivity contribution in [3.8, 4) is 84.7 Å².